The maximum absolute atomic E-state index is 12.4. The van der Waals surface area contributed by atoms with Gasteiger partial charge in [0.25, 0.3) is 0 Å². The highest BCUT2D eigenvalue weighted by Crippen LogP contribution is 2.34. The lowest BCUT2D eigenvalue weighted by molar-refractivity contribution is -0.134. The van der Waals surface area contributed by atoms with Gasteiger partial charge in [0, 0.05) is 18.9 Å². The van der Waals surface area contributed by atoms with Gasteiger partial charge in [-0.15, -0.1) is 0 Å². The first-order valence-electron chi connectivity index (χ1n) is 6.73. The molecule has 1 unspecified atom stereocenters. The summed E-state index contributed by atoms with van der Waals surface area (Å²) in [5.74, 6) is 0.463. The molecular weight excluding hydrogens is 256 g/mol. The molecule has 102 valence electrons. The highest BCUT2D eigenvalue weighted by molar-refractivity contribution is 7.80. The third-order valence-electron chi connectivity index (χ3n) is 3.56. The lowest BCUT2D eigenvalue weighted by Gasteiger charge is -2.30. The molecule has 0 bridgehead atoms. The zero-order chi connectivity index (χ0) is 13.8. The number of amides is 1. The van der Waals surface area contributed by atoms with E-state index in [0.29, 0.717) is 18.0 Å². The van der Waals surface area contributed by atoms with Crippen molar-refractivity contribution < 1.29 is 4.79 Å². The minimum absolute atomic E-state index is 0.0728. The van der Waals surface area contributed by atoms with Gasteiger partial charge in [0.15, 0.2) is 0 Å². The molecule has 3 nitrogen and oxygen atoms in total. The fourth-order valence-electron chi connectivity index (χ4n) is 2.20. The van der Waals surface area contributed by atoms with Crippen molar-refractivity contribution in [3.63, 3.8) is 0 Å². The van der Waals surface area contributed by atoms with E-state index in [0.717, 1.165) is 18.4 Å². The van der Waals surface area contributed by atoms with E-state index < -0.39 is 0 Å². The van der Waals surface area contributed by atoms with Gasteiger partial charge in [0.05, 0.1) is 11.0 Å². The van der Waals surface area contributed by atoms with Crippen LogP contribution in [0.2, 0.25) is 0 Å². The molecule has 1 saturated carbocycles. The van der Waals surface area contributed by atoms with Crippen LogP contribution >= 0.6 is 12.2 Å². The molecule has 1 aromatic rings. The van der Waals surface area contributed by atoms with Crippen LogP contribution in [0.5, 0.6) is 0 Å². The number of benzene rings is 1. The van der Waals surface area contributed by atoms with Crippen molar-refractivity contribution in [1.82, 2.24) is 4.90 Å². The molecule has 1 amide bonds. The summed E-state index contributed by atoms with van der Waals surface area (Å²) in [5.41, 5.74) is 6.72. The van der Waals surface area contributed by atoms with Crippen molar-refractivity contribution in [2.24, 2.45) is 11.7 Å². The van der Waals surface area contributed by atoms with Crippen LogP contribution in [0.1, 0.15) is 37.8 Å². The van der Waals surface area contributed by atoms with Gasteiger partial charge >= 0.3 is 0 Å². The van der Waals surface area contributed by atoms with E-state index in [1.165, 1.54) is 0 Å². The van der Waals surface area contributed by atoms with Crippen molar-refractivity contribution >= 4 is 23.1 Å². The lowest BCUT2D eigenvalue weighted by atomic mass is 10.1. The Balaban J connectivity index is 2.11. The van der Waals surface area contributed by atoms with Crippen LogP contribution in [-0.4, -0.2) is 22.3 Å². The second-order valence-electron chi connectivity index (χ2n) is 5.11. The fourth-order valence-corrected chi connectivity index (χ4v) is 2.29. The molecule has 1 atom stereocenters. The minimum Gasteiger partial charge on any atom is -0.393 e. The Bertz CT molecular complexity index is 456. The van der Waals surface area contributed by atoms with Crippen molar-refractivity contribution in [3.8, 4) is 0 Å². The van der Waals surface area contributed by atoms with E-state index in [9.17, 15) is 4.79 Å². The first-order valence-corrected chi connectivity index (χ1v) is 7.14. The van der Waals surface area contributed by atoms with E-state index in [-0.39, 0.29) is 17.9 Å². The van der Waals surface area contributed by atoms with Gasteiger partial charge in [-0.2, -0.15) is 0 Å². The Hall–Kier alpha value is -1.42. The average Bonchev–Trinajstić information content (AvgIpc) is 3.23. The number of carbonyl (C=O) groups excluding carboxylic acids is 1. The highest BCUT2D eigenvalue weighted by atomic mass is 32.1. The summed E-state index contributed by atoms with van der Waals surface area (Å²) in [4.78, 5) is 14.8. The monoisotopic (exact) mass is 276 g/mol. The van der Waals surface area contributed by atoms with Crippen molar-refractivity contribution in [2.45, 2.75) is 32.2 Å². The third-order valence-corrected chi connectivity index (χ3v) is 3.76. The summed E-state index contributed by atoms with van der Waals surface area (Å²) in [7, 11) is 0. The van der Waals surface area contributed by atoms with Gasteiger partial charge in [-0.25, -0.2) is 0 Å². The van der Waals surface area contributed by atoms with Gasteiger partial charge < -0.3 is 10.6 Å². The van der Waals surface area contributed by atoms with Crippen LogP contribution in [0, 0.1) is 5.92 Å². The molecule has 2 rings (SSSR count). The van der Waals surface area contributed by atoms with Gasteiger partial charge in [-0.3, -0.25) is 4.79 Å². The summed E-state index contributed by atoms with van der Waals surface area (Å²) >= 11 is 4.92. The largest absolute Gasteiger partial charge is 0.393 e. The molecule has 1 aliphatic rings. The maximum atomic E-state index is 12.4. The van der Waals surface area contributed by atoms with Crippen LogP contribution in [-0.2, 0) is 4.79 Å². The van der Waals surface area contributed by atoms with E-state index in [4.69, 9.17) is 18.0 Å². The number of nitrogens with two attached hydrogens (primary N) is 1. The van der Waals surface area contributed by atoms with Crippen LogP contribution in [0.4, 0.5) is 0 Å². The van der Waals surface area contributed by atoms with E-state index in [2.05, 4.69) is 19.1 Å². The third kappa shape index (κ3) is 3.77. The fraction of sp³-hybridized carbons (Fsp3) is 0.467. The van der Waals surface area contributed by atoms with Crippen molar-refractivity contribution in [2.75, 3.05) is 6.54 Å². The maximum Gasteiger partial charge on any atom is 0.226 e. The van der Waals surface area contributed by atoms with Crippen LogP contribution < -0.4 is 5.73 Å². The van der Waals surface area contributed by atoms with Crippen LogP contribution in [0.3, 0.4) is 0 Å². The van der Waals surface area contributed by atoms with E-state index in [1.807, 2.05) is 23.1 Å². The summed E-state index contributed by atoms with van der Waals surface area (Å²) in [5, 5.41) is 0. The average molecular weight is 276 g/mol. The smallest absolute Gasteiger partial charge is 0.226 e. The number of rotatable bonds is 6. The highest BCUT2D eigenvalue weighted by Gasteiger charge is 2.35. The Morgan fingerprint density at radius 3 is 2.58 bits per heavy atom. The molecular formula is C15H20N2OS. The molecule has 1 aromatic carbocycles. The summed E-state index contributed by atoms with van der Waals surface area (Å²) < 4.78 is 0. The number of carbonyl (C=O) groups is 1. The molecule has 0 spiro atoms. The second kappa shape index (κ2) is 6.15. The molecule has 4 heteroatoms. The number of hydrogen-bond donors (Lipinski definition) is 1. The lowest BCUT2D eigenvalue weighted by Crippen LogP contribution is -2.37. The zero-order valence-corrected chi connectivity index (χ0v) is 12.0. The molecule has 0 saturated heterocycles. The minimum atomic E-state index is 0.0728. The predicted octanol–water partition coefficient (Wildman–Crippen LogP) is 2.66. The molecule has 0 heterocycles. The quantitative estimate of drug-likeness (QED) is 0.813. The Labute approximate surface area is 119 Å². The van der Waals surface area contributed by atoms with Gasteiger partial charge in [-0.05, 0) is 25.3 Å². The number of thiocarbonyl (C=S) groups is 1. The number of hydrogen-bond acceptors (Lipinski definition) is 2. The molecule has 2 N–H and O–H groups in total. The van der Waals surface area contributed by atoms with Gasteiger partial charge in [-0.1, -0.05) is 42.5 Å². The standard InChI is InChI=1S/C15H20N2OS/c1-11(12-5-3-2-4-6-12)17(10-9-14(16)19)15(18)13-7-8-13/h2-6,11,13H,7-10H2,1H3,(H2,16,19). The topological polar surface area (TPSA) is 46.3 Å². The molecule has 1 aliphatic carbocycles. The normalized spacial score (nSPS) is 15.8. The zero-order valence-electron chi connectivity index (χ0n) is 11.2. The van der Waals surface area contributed by atoms with E-state index >= 15 is 0 Å². The summed E-state index contributed by atoms with van der Waals surface area (Å²) in [6.45, 7) is 2.68. The first kappa shape index (κ1) is 14.0. The Kier molecular flexibility index (Phi) is 4.53. The van der Waals surface area contributed by atoms with Crippen LogP contribution in [0.15, 0.2) is 30.3 Å². The SMILES string of the molecule is CC(c1ccccc1)N(CCC(N)=S)C(=O)C1CC1. The predicted molar refractivity (Wildman–Crippen MR) is 80.7 cm³/mol. The first-order chi connectivity index (χ1) is 9.09. The van der Waals surface area contributed by atoms with Gasteiger partial charge in [0.1, 0.15) is 0 Å². The second-order valence-corrected chi connectivity index (χ2v) is 5.63. The summed E-state index contributed by atoms with van der Waals surface area (Å²) in [6.07, 6.45) is 2.62. The van der Waals surface area contributed by atoms with Crippen LogP contribution in [0.25, 0.3) is 0 Å². The van der Waals surface area contributed by atoms with Crippen molar-refractivity contribution in [1.29, 1.82) is 0 Å². The molecule has 0 aliphatic heterocycles. The molecule has 1 fully saturated rings. The Morgan fingerprint density at radius 2 is 2.05 bits per heavy atom. The molecule has 19 heavy (non-hydrogen) atoms. The van der Waals surface area contributed by atoms with Crippen molar-refractivity contribution in [3.05, 3.63) is 35.9 Å². The van der Waals surface area contributed by atoms with Gasteiger partial charge in [0.2, 0.25) is 5.91 Å². The molecule has 0 radical (unpaired) electrons. The molecule has 0 aromatic heterocycles. The van der Waals surface area contributed by atoms with E-state index in [1.54, 1.807) is 0 Å². The number of nitrogens with zero attached hydrogens (tertiary/aromatic N) is 1. The summed E-state index contributed by atoms with van der Waals surface area (Å²) in [6, 6.07) is 10.2. The Morgan fingerprint density at radius 1 is 1.42 bits per heavy atom.